The minimum atomic E-state index is 0.382. The van der Waals surface area contributed by atoms with Crippen molar-refractivity contribution < 1.29 is 0 Å². The predicted octanol–water partition coefficient (Wildman–Crippen LogP) is 3.80. The first kappa shape index (κ1) is 14.3. The van der Waals surface area contributed by atoms with Gasteiger partial charge in [-0.3, -0.25) is 0 Å². The summed E-state index contributed by atoms with van der Waals surface area (Å²) < 4.78 is 0. The molecule has 0 N–H and O–H groups in total. The van der Waals surface area contributed by atoms with Crippen LogP contribution in [0.4, 0.5) is 0 Å². The topological polar surface area (TPSA) is 0 Å². The fraction of sp³-hybridized carbons (Fsp3) is 0.625. The Morgan fingerprint density at radius 2 is 1.35 bits per heavy atom. The van der Waals surface area contributed by atoms with E-state index in [1.807, 2.05) is 0 Å². The molecule has 0 saturated heterocycles. The van der Waals surface area contributed by atoms with Gasteiger partial charge in [0.25, 0.3) is 0 Å². The van der Waals surface area contributed by atoms with Crippen molar-refractivity contribution in [2.24, 2.45) is 10.8 Å². The highest BCUT2D eigenvalue weighted by atomic mass is 14.2. The van der Waals surface area contributed by atoms with Gasteiger partial charge in [-0.15, -0.1) is 0 Å². The first-order chi connectivity index (χ1) is 7.66. The summed E-state index contributed by atoms with van der Waals surface area (Å²) in [5, 5.41) is 0. The van der Waals surface area contributed by atoms with Crippen molar-refractivity contribution in [1.82, 2.24) is 0 Å². The number of benzene rings is 1. The van der Waals surface area contributed by atoms with E-state index < -0.39 is 0 Å². The Kier molecular flexibility index (Phi) is 4.46. The van der Waals surface area contributed by atoms with E-state index in [1.165, 1.54) is 24.6 Å². The zero-order valence-electron chi connectivity index (χ0n) is 12.4. The summed E-state index contributed by atoms with van der Waals surface area (Å²) in [4.78, 5) is 0. The van der Waals surface area contributed by atoms with E-state index in [2.05, 4.69) is 65.8 Å². The molecule has 1 heteroatoms. The van der Waals surface area contributed by atoms with Crippen molar-refractivity contribution in [3.8, 4) is 0 Å². The quantitative estimate of drug-likeness (QED) is 0.693. The molecule has 0 radical (unpaired) electrons. The lowest BCUT2D eigenvalue weighted by molar-refractivity contribution is 0.411. The predicted molar refractivity (Wildman–Crippen MR) is 80.6 cm³/mol. The largest absolute Gasteiger partial charge is 0.158 e. The zero-order valence-corrected chi connectivity index (χ0v) is 12.4. The molecule has 0 aromatic heterocycles. The Hall–Kier alpha value is -0.715. The smallest absolute Gasteiger partial charge is 0.0845 e. The van der Waals surface area contributed by atoms with Gasteiger partial charge in [-0.2, -0.15) is 0 Å². The van der Waals surface area contributed by atoms with Crippen LogP contribution in [0.25, 0.3) is 0 Å². The summed E-state index contributed by atoms with van der Waals surface area (Å²) in [6.07, 6.45) is 2.41. The highest BCUT2D eigenvalue weighted by molar-refractivity contribution is 6.53. The molecule has 0 amide bonds. The molecule has 0 bridgehead atoms. The second kappa shape index (κ2) is 5.29. The van der Waals surface area contributed by atoms with E-state index in [9.17, 15) is 0 Å². The maximum Gasteiger partial charge on any atom is 0.158 e. The molecule has 0 spiro atoms. The molecule has 0 nitrogen and oxygen atoms in total. The molecule has 0 aliphatic carbocycles. The molecular formula is C16H27B. The van der Waals surface area contributed by atoms with E-state index >= 15 is 0 Å². The number of rotatable bonds is 3. The lowest BCUT2D eigenvalue weighted by Gasteiger charge is -2.19. The van der Waals surface area contributed by atoms with Crippen LogP contribution in [0.5, 0.6) is 0 Å². The third kappa shape index (κ3) is 6.56. The summed E-state index contributed by atoms with van der Waals surface area (Å²) in [7, 11) is 1.19. The Morgan fingerprint density at radius 1 is 0.824 bits per heavy atom. The van der Waals surface area contributed by atoms with Gasteiger partial charge in [-0.1, -0.05) is 77.6 Å². The average molecular weight is 230 g/mol. The summed E-state index contributed by atoms with van der Waals surface area (Å²) in [6, 6.07) is 9.19. The zero-order chi connectivity index (χ0) is 13.1. The molecule has 0 unspecified atom stereocenters. The number of hydrogen-bond donors (Lipinski definition) is 0. The van der Waals surface area contributed by atoms with Crippen LogP contribution < -0.4 is 5.46 Å². The van der Waals surface area contributed by atoms with Crippen molar-refractivity contribution in [3.63, 3.8) is 0 Å². The summed E-state index contributed by atoms with van der Waals surface area (Å²) >= 11 is 0. The van der Waals surface area contributed by atoms with Crippen LogP contribution in [0.3, 0.4) is 0 Å². The lowest BCUT2D eigenvalue weighted by Crippen LogP contribution is -2.20. The van der Waals surface area contributed by atoms with Gasteiger partial charge >= 0.3 is 0 Å². The molecule has 17 heavy (non-hydrogen) atoms. The maximum atomic E-state index is 2.31. The Balaban J connectivity index is 2.56. The molecule has 0 heterocycles. The third-order valence-electron chi connectivity index (χ3n) is 2.92. The van der Waals surface area contributed by atoms with Gasteiger partial charge in [-0.25, -0.2) is 0 Å². The van der Waals surface area contributed by atoms with Gasteiger partial charge in [0.15, 0.2) is 7.28 Å². The van der Waals surface area contributed by atoms with Crippen LogP contribution >= 0.6 is 0 Å². The normalized spacial score (nSPS) is 12.6. The molecule has 0 aliphatic rings. The summed E-state index contributed by atoms with van der Waals surface area (Å²) in [5.41, 5.74) is 3.74. The van der Waals surface area contributed by atoms with Gasteiger partial charge < -0.3 is 0 Å². The van der Waals surface area contributed by atoms with Crippen molar-refractivity contribution in [1.29, 1.82) is 0 Å². The highest BCUT2D eigenvalue weighted by Crippen LogP contribution is 2.20. The van der Waals surface area contributed by atoms with Crippen molar-refractivity contribution in [3.05, 3.63) is 29.8 Å². The molecule has 94 valence electrons. The molecule has 0 fully saturated rings. The number of hydrogen-bond acceptors (Lipinski definition) is 0. The van der Waals surface area contributed by atoms with E-state index in [0.717, 1.165) is 6.42 Å². The van der Waals surface area contributed by atoms with Crippen LogP contribution in [0.1, 0.15) is 47.1 Å². The highest BCUT2D eigenvalue weighted by Gasteiger charge is 2.12. The Labute approximate surface area is 108 Å². The van der Waals surface area contributed by atoms with Crippen LogP contribution in [-0.4, -0.2) is 7.28 Å². The molecule has 1 aromatic rings. The SMILES string of the molecule is CC(C)(C)CBc1ccc(CC(C)(C)C)cc1. The monoisotopic (exact) mass is 230 g/mol. The Morgan fingerprint density at radius 3 is 1.76 bits per heavy atom. The molecule has 0 atom stereocenters. The molecule has 0 saturated carbocycles. The van der Waals surface area contributed by atoms with Gasteiger partial charge in [0.1, 0.15) is 0 Å². The average Bonchev–Trinajstić information content (AvgIpc) is 2.13. The van der Waals surface area contributed by atoms with E-state index in [-0.39, 0.29) is 0 Å². The van der Waals surface area contributed by atoms with Crippen LogP contribution in [0, 0.1) is 10.8 Å². The van der Waals surface area contributed by atoms with Crippen LogP contribution in [-0.2, 0) is 6.42 Å². The first-order valence-corrected chi connectivity index (χ1v) is 6.74. The summed E-state index contributed by atoms with van der Waals surface area (Å²) in [6.45, 7) is 13.8. The van der Waals surface area contributed by atoms with Crippen molar-refractivity contribution in [2.45, 2.75) is 54.3 Å². The fourth-order valence-corrected chi connectivity index (χ4v) is 1.96. The summed E-state index contributed by atoms with van der Waals surface area (Å²) in [5.74, 6) is 0. The maximum absolute atomic E-state index is 2.31. The minimum absolute atomic E-state index is 0.382. The second-order valence-corrected chi connectivity index (χ2v) is 7.61. The van der Waals surface area contributed by atoms with E-state index in [4.69, 9.17) is 0 Å². The van der Waals surface area contributed by atoms with Crippen LogP contribution in [0.2, 0.25) is 6.32 Å². The minimum Gasteiger partial charge on any atom is -0.0845 e. The van der Waals surface area contributed by atoms with Gasteiger partial charge in [0.05, 0.1) is 0 Å². The van der Waals surface area contributed by atoms with Crippen molar-refractivity contribution in [2.75, 3.05) is 0 Å². The third-order valence-corrected chi connectivity index (χ3v) is 2.92. The van der Waals surface area contributed by atoms with Gasteiger partial charge in [0.2, 0.25) is 0 Å². The molecular weight excluding hydrogens is 203 g/mol. The van der Waals surface area contributed by atoms with E-state index in [0.29, 0.717) is 10.8 Å². The standard InChI is InChI=1S/C16H27B/c1-15(2,3)11-13-7-9-14(10-8-13)17-12-16(4,5)6/h7-10,17H,11-12H2,1-6H3. The molecule has 1 rings (SSSR count). The molecule has 1 aromatic carbocycles. The first-order valence-electron chi connectivity index (χ1n) is 6.74. The molecule has 0 aliphatic heterocycles. The Bertz CT molecular complexity index is 335. The van der Waals surface area contributed by atoms with E-state index in [1.54, 1.807) is 0 Å². The van der Waals surface area contributed by atoms with Crippen molar-refractivity contribution >= 4 is 12.7 Å². The second-order valence-electron chi connectivity index (χ2n) is 7.61. The van der Waals surface area contributed by atoms with Gasteiger partial charge in [0, 0.05) is 0 Å². The van der Waals surface area contributed by atoms with Gasteiger partial charge in [-0.05, 0) is 22.8 Å². The van der Waals surface area contributed by atoms with Crippen LogP contribution in [0.15, 0.2) is 24.3 Å². The lowest BCUT2D eigenvalue weighted by atomic mass is 9.60. The fourth-order valence-electron chi connectivity index (χ4n) is 1.96.